The fraction of sp³-hybridized carbons (Fsp3) is 0.100. The van der Waals surface area contributed by atoms with Gasteiger partial charge in [-0.1, -0.05) is 6.08 Å². The van der Waals surface area contributed by atoms with Crippen molar-refractivity contribution < 1.29 is 9.50 Å². The van der Waals surface area contributed by atoms with E-state index in [1.54, 1.807) is 0 Å². The minimum atomic E-state index is -0.795. The molecule has 1 atom stereocenters. The Morgan fingerprint density at radius 1 is 1.60 bits per heavy atom. The van der Waals surface area contributed by atoms with Crippen molar-refractivity contribution >= 4 is 12.4 Å². The van der Waals surface area contributed by atoms with Crippen LogP contribution in [0.4, 0.5) is 4.39 Å². The molecule has 0 radical (unpaired) electrons. The number of nitrogens with zero attached hydrogens (tertiary/aromatic N) is 1. The molecule has 3 nitrogen and oxygen atoms in total. The molecule has 1 aromatic carbocycles. The molecule has 0 fully saturated rings. The minimum Gasteiger partial charge on any atom is -0.505 e. The van der Waals surface area contributed by atoms with Gasteiger partial charge in [0.15, 0.2) is 11.6 Å². The van der Waals surface area contributed by atoms with Crippen LogP contribution in [0.5, 0.6) is 5.75 Å². The van der Waals surface area contributed by atoms with Gasteiger partial charge in [-0.05, 0) is 12.1 Å². The first kappa shape index (κ1) is 13.4. The molecule has 0 aliphatic carbocycles. The molecular weight excluding hydrogens is 219 g/mol. The van der Waals surface area contributed by atoms with Crippen molar-refractivity contribution in [2.24, 2.45) is 5.73 Å². The highest BCUT2D eigenvalue weighted by Crippen LogP contribution is 2.29. The average molecular weight is 229 g/mol. The zero-order valence-corrected chi connectivity index (χ0v) is 8.59. The molecule has 0 aliphatic heterocycles. The molecule has 80 valence electrons. The summed E-state index contributed by atoms with van der Waals surface area (Å²) in [6.45, 7) is 3.42. The number of aromatic hydroxyl groups is 1. The summed E-state index contributed by atoms with van der Waals surface area (Å²) in [6.07, 6.45) is 1.33. The number of phenolic OH excluding ortho intramolecular Hbond substituents is 1. The molecule has 0 saturated heterocycles. The first-order valence-corrected chi connectivity index (χ1v) is 3.91. The van der Waals surface area contributed by atoms with E-state index in [0.29, 0.717) is 0 Å². The van der Waals surface area contributed by atoms with Crippen molar-refractivity contribution in [2.75, 3.05) is 0 Å². The Morgan fingerprint density at radius 3 is 2.67 bits per heavy atom. The molecule has 15 heavy (non-hydrogen) atoms. The summed E-state index contributed by atoms with van der Waals surface area (Å²) in [5.74, 6) is -1.38. The van der Waals surface area contributed by atoms with E-state index >= 15 is 0 Å². The summed E-state index contributed by atoms with van der Waals surface area (Å²) in [4.78, 5) is 0. The third kappa shape index (κ3) is 2.46. The quantitative estimate of drug-likeness (QED) is 0.761. The van der Waals surface area contributed by atoms with Gasteiger partial charge in [-0.3, -0.25) is 0 Å². The maximum Gasteiger partial charge on any atom is 0.165 e. The summed E-state index contributed by atoms with van der Waals surface area (Å²) < 4.78 is 12.9. The van der Waals surface area contributed by atoms with Gasteiger partial charge < -0.3 is 10.8 Å². The Kier molecular flexibility index (Phi) is 4.79. The lowest BCUT2D eigenvalue weighted by Crippen LogP contribution is -2.09. The van der Waals surface area contributed by atoms with Gasteiger partial charge in [0, 0.05) is 5.56 Å². The van der Waals surface area contributed by atoms with Crippen molar-refractivity contribution in [2.45, 2.75) is 6.04 Å². The van der Waals surface area contributed by atoms with Gasteiger partial charge in [0.05, 0.1) is 17.7 Å². The molecular formula is C10H10ClFN2O. The van der Waals surface area contributed by atoms with Crippen LogP contribution in [0.3, 0.4) is 0 Å². The van der Waals surface area contributed by atoms with Crippen LogP contribution in [0.2, 0.25) is 0 Å². The predicted molar refractivity (Wildman–Crippen MR) is 57.2 cm³/mol. The zero-order chi connectivity index (χ0) is 10.7. The SMILES string of the molecule is C=C[C@H](N)c1c(C#N)ccc(F)c1O.Cl. The number of hydrogen-bond acceptors (Lipinski definition) is 3. The second-order valence-corrected chi connectivity index (χ2v) is 2.73. The van der Waals surface area contributed by atoms with Crippen LogP contribution in [-0.2, 0) is 0 Å². The Labute approximate surface area is 93.0 Å². The first-order valence-electron chi connectivity index (χ1n) is 3.91. The second kappa shape index (κ2) is 5.35. The van der Waals surface area contributed by atoms with Crippen molar-refractivity contribution in [3.05, 3.63) is 41.7 Å². The third-order valence-corrected chi connectivity index (χ3v) is 1.88. The van der Waals surface area contributed by atoms with Crippen LogP contribution < -0.4 is 5.73 Å². The summed E-state index contributed by atoms with van der Waals surface area (Å²) in [5, 5.41) is 18.1. The van der Waals surface area contributed by atoms with Crippen LogP contribution in [0.15, 0.2) is 24.8 Å². The van der Waals surface area contributed by atoms with E-state index < -0.39 is 17.6 Å². The molecule has 0 saturated carbocycles. The van der Waals surface area contributed by atoms with Gasteiger partial charge in [0.1, 0.15) is 0 Å². The topological polar surface area (TPSA) is 70.0 Å². The number of halogens is 2. The fourth-order valence-electron chi connectivity index (χ4n) is 1.13. The zero-order valence-electron chi connectivity index (χ0n) is 7.77. The highest BCUT2D eigenvalue weighted by molar-refractivity contribution is 5.85. The number of benzene rings is 1. The maximum absolute atomic E-state index is 12.9. The van der Waals surface area contributed by atoms with Gasteiger partial charge >= 0.3 is 0 Å². The van der Waals surface area contributed by atoms with E-state index in [0.717, 1.165) is 6.07 Å². The molecule has 5 heteroatoms. The third-order valence-electron chi connectivity index (χ3n) is 1.88. The standard InChI is InChI=1S/C10H9FN2O.ClH/c1-2-8(13)9-6(5-12)3-4-7(11)10(9)14;/h2-4,8,14H,1,13H2;1H/t8-;/m0./s1. The Morgan fingerprint density at radius 2 is 2.20 bits per heavy atom. The van der Waals surface area contributed by atoms with E-state index in [1.165, 1.54) is 12.1 Å². The minimum absolute atomic E-state index is 0. The normalized spacial score (nSPS) is 11.0. The number of nitriles is 1. The highest BCUT2D eigenvalue weighted by Gasteiger charge is 2.16. The molecule has 3 N–H and O–H groups in total. The second-order valence-electron chi connectivity index (χ2n) is 2.73. The van der Waals surface area contributed by atoms with Gasteiger partial charge in [-0.2, -0.15) is 5.26 Å². The molecule has 1 aromatic rings. The molecule has 0 aromatic heterocycles. The van der Waals surface area contributed by atoms with E-state index in [2.05, 4.69) is 6.58 Å². The molecule has 0 heterocycles. The number of phenols is 1. The van der Waals surface area contributed by atoms with E-state index in [4.69, 9.17) is 11.0 Å². The summed E-state index contributed by atoms with van der Waals surface area (Å²) in [5.41, 5.74) is 5.77. The molecule has 0 bridgehead atoms. The summed E-state index contributed by atoms with van der Waals surface area (Å²) in [7, 11) is 0. The largest absolute Gasteiger partial charge is 0.505 e. The van der Waals surface area contributed by atoms with Gasteiger partial charge in [0.2, 0.25) is 0 Å². The lowest BCUT2D eigenvalue weighted by atomic mass is 10.0. The van der Waals surface area contributed by atoms with E-state index in [-0.39, 0.29) is 23.5 Å². The van der Waals surface area contributed by atoms with Crippen LogP contribution in [-0.4, -0.2) is 5.11 Å². The molecule has 0 amide bonds. The summed E-state index contributed by atoms with van der Waals surface area (Å²) in [6, 6.07) is 3.37. The molecule has 0 unspecified atom stereocenters. The average Bonchev–Trinajstić information content (AvgIpc) is 2.20. The van der Waals surface area contributed by atoms with Gasteiger partial charge in [0.25, 0.3) is 0 Å². The molecule has 1 rings (SSSR count). The predicted octanol–water partition coefficient (Wildman–Crippen LogP) is 2.01. The van der Waals surface area contributed by atoms with Crippen molar-refractivity contribution in [1.29, 1.82) is 5.26 Å². The molecule has 0 aliphatic rings. The van der Waals surface area contributed by atoms with Gasteiger partial charge in [-0.25, -0.2) is 4.39 Å². The van der Waals surface area contributed by atoms with Gasteiger partial charge in [-0.15, -0.1) is 19.0 Å². The molecule has 0 spiro atoms. The Bertz CT molecular complexity index is 415. The van der Waals surface area contributed by atoms with E-state index in [9.17, 15) is 9.50 Å². The lowest BCUT2D eigenvalue weighted by molar-refractivity contribution is 0.423. The smallest absolute Gasteiger partial charge is 0.165 e. The fourth-order valence-corrected chi connectivity index (χ4v) is 1.13. The number of rotatable bonds is 2. The van der Waals surface area contributed by atoms with Crippen molar-refractivity contribution in [3.63, 3.8) is 0 Å². The van der Waals surface area contributed by atoms with Crippen LogP contribution in [0.25, 0.3) is 0 Å². The van der Waals surface area contributed by atoms with Crippen molar-refractivity contribution in [3.8, 4) is 11.8 Å². The Hall–Kier alpha value is -1.57. The maximum atomic E-state index is 12.9. The van der Waals surface area contributed by atoms with Crippen LogP contribution in [0.1, 0.15) is 17.2 Å². The number of nitrogens with two attached hydrogens (primary N) is 1. The highest BCUT2D eigenvalue weighted by atomic mass is 35.5. The lowest BCUT2D eigenvalue weighted by Gasteiger charge is -2.11. The monoisotopic (exact) mass is 228 g/mol. The van der Waals surface area contributed by atoms with Crippen molar-refractivity contribution in [1.82, 2.24) is 0 Å². The summed E-state index contributed by atoms with van der Waals surface area (Å²) >= 11 is 0. The van der Waals surface area contributed by atoms with Crippen LogP contribution in [0, 0.1) is 17.1 Å². The van der Waals surface area contributed by atoms with E-state index in [1.807, 2.05) is 6.07 Å². The Balaban J connectivity index is 0.00000196. The number of hydrogen-bond donors (Lipinski definition) is 2. The van der Waals surface area contributed by atoms with Crippen LogP contribution >= 0.6 is 12.4 Å². The first-order chi connectivity index (χ1) is 6.61.